The SMILES string of the molecule is CCC(C)c1ccc(C(C)NC(=O)c2nn(C)cc2C(=O)O)cc1. The number of nitrogens with zero attached hydrogens (tertiary/aromatic N) is 2. The Bertz CT molecular complexity index is 734. The van der Waals surface area contributed by atoms with Crippen LogP contribution >= 0.6 is 0 Å². The van der Waals surface area contributed by atoms with E-state index in [0.717, 1.165) is 12.0 Å². The van der Waals surface area contributed by atoms with Gasteiger partial charge in [0.25, 0.3) is 5.91 Å². The molecule has 6 nitrogen and oxygen atoms in total. The van der Waals surface area contributed by atoms with Crippen molar-refractivity contribution in [1.82, 2.24) is 15.1 Å². The van der Waals surface area contributed by atoms with Gasteiger partial charge in [-0.25, -0.2) is 4.79 Å². The summed E-state index contributed by atoms with van der Waals surface area (Å²) in [6.45, 7) is 6.18. The Morgan fingerprint density at radius 2 is 1.79 bits per heavy atom. The Hall–Kier alpha value is -2.63. The second-order valence-electron chi connectivity index (χ2n) is 6.04. The van der Waals surface area contributed by atoms with Crippen LogP contribution in [0, 0.1) is 0 Å². The van der Waals surface area contributed by atoms with Gasteiger partial charge in [-0.1, -0.05) is 38.1 Å². The minimum atomic E-state index is -1.17. The van der Waals surface area contributed by atoms with E-state index in [9.17, 15) is 9.59 Å². The molecule has 0 aliphatic carbocycles. The molecule has 2 N–H and O–H groups in total. The van der Waals surface area contributed by atoms with Crippen molar-refractivity contribution < 1.29 is 14.7 Å². The van der Waals surface area contributed by atoms with Crippen LogP contribution in [0.15, 0.2) is 30.5 Å². The normalized spacial score (nSPS) is 13.3. The van der Waals surface area contributed by atoms with Crippen LogP contribution in [0.2, 0.25) is 0 Å². The van der Waals surface area contributed by atoms with E-state index < -0.39 is 11.9 Å². The molecular formula is C18H23N3O3. The number of carbonyl (C=O) groups is 2. The molecule has 1 amide bonds. The number of hydrogen-bond donors (Lipinski definition) is 2. The summed E-state index contributed by atoms with van der Waals surface area (Å²) in [5, 5.41) is 15.9. The lowest BCUT2D eigenvalue weighted by molar-refractivity contribution is 0.0690. The molecule has 0 saturated carbocycles. The predicted octanol–water partition coefficient (Wildman–Crippen LogP) is 3.12. The van der Waals surface area contributed by atoms with Crippen molar-refractivity contribution >= 4 is 11.9 Å². The minimum absolute atomic E-state index is 0.0759. The van der Waals surface area contributed by atoms with Gasteiger partial charge in [0.05, 0.1) is 6.04 Å². The number of aromatic nitrogens is 2. The number of carboxylic acid groups (broad SMARTS) is 1. The molecule has 0 saturated heterocycles. The molecule has 0 aliphatic heterocycles. The van der Waals surface area contributed by atoms with Crippen LogP contribution in [0.3, 0.4) is 0 Å². The van der Waals surface area contributed by atoms with E-state index in [1.165, 1.54) is 16.4 Å². The topological polar surface area (TPSA) is 84.2 Å². The van der Waals surface area contributed by atoms with Gasteiger partial charge >= 0.3 is 5.97 Å². The molecule has 2 atom stereocenters. The average molecular weight is 329 g/mol. The van der Waals surface area contributed by atoms with Gasteiger partial charge in [0.15, 0.2) is 5.69 Å². The van der Waals surface area contributed by atoms with Crippen molar-refractivity contribution in [2.75, 3.05) is 0 Å². The lowest BCUT2D eigenvalue weighted by Gasteiger charge is -2.15. The van der Waals surface area contributed by atoms with Crippen LogP contribution in [0.1, 0.15) is 71.1 Å². The highest BCUT2D eigenvalue weighted by Gasteiger charge is 2.22. The molecule has 0 bridgehead atoms. The molecule has 24 heavy (non-hydrogen) atoms. The average Bonchev–Trinajstić information content (AvgIpc) is 2.96. The lowest BCUT2D eigenvalue weighted by Crippen LogP contribution is -2.28. The number of nitrogens with one attached hydrogen (secondary N) is 1. The standard InChI is InChI=1S/C18H23N3O3/c1-5-11(2)13-6-8-14(9-7-13)12(3)19-17(22)16-15(18(23)24)10-21(4)20-16/h6-12H,5H2,1-4H3,(H,19,22)(H,23,24). The lowest BCUT2D eigenvalue weighted by atomic mass is 9.96. The van der Waals surface area contributed by atoms with E-state index >= 15 is 0 Å². The van der Waals surface area contributed by atoms with Gasteiger partial charge in [-0.15, -0.1) is 0 Å². The Morgan fingerprint density at radius 1 is 1.21 bits per heavy atom. The van der Waals surface area contributed by atoms with Crippen LogP contribution in [-0.2, 0) is 7.05 Å². The van der Waals surface area contributed by atoms with Crippen LogP contribution < -0.4 is 5.32 Å². The van der Waals surface area contributed by atoms with Crippen molar-refractivity contribution in [3.63, 3.8) is 0 Å². The maximum Gasteiger partial charge on any atom is 0.339 e. The highest BCUT2D eigenvalue weighted by Crippen LogP contribution is 2.21. The number of amides is 1. The molecule has 1 aromatic heterocycles. The summed E-state index contributed by atoms with van der Waals surface area (Å²) >= 11 is 0. The van der Waals surface area contributed by atoms with Crippen molar-refractivity contribution in [3.05, 3.63) is 52.8 Å². The summed E-state index contributed by atoms with van der Waals surface area (Å²) in [5.74, 6) is -1.17. The third-order valence-electron chi connectivity index (χ3n) is 4.24. The van der Waals surface area contributed by atoms with Crippen LogP contribution in [0.5, 0.6) is 0 Å². The van der Waals surface area contributed by atoms with Crippen molar-refractivity contribution in [1.29, 1.82) is 0 Å². The third-order valence-corrected chi connectivity index (χ3v) is 4.24. The number of aryl methyl sites for hydroxylation is 1. The van der Waals surface area contributed by atoms with Crippen LogP contribution in [-0.4, -0.2) is 26.8 Å². The molecule has 6 heteroatoms. The Balaban J connectivity index is 2.13. The van der Waals surface area contributed by atoms with E-state index in [4.69, 9.17) is 5.11 Å². The molecule has 2 unspecified atom stereocenters. The second kappa shape index (κ2) is 7.29. The fraction of sp³-hybridized carbons (Fsp3) is 0.389. The number of rotatable bonds is 6. The van der Waals surface area contributed by atoms with E-state index in [1.54, 1.807) is 7.05 Å². The number of carboxylic acids is 1. The summed E-state index contributed by atoms with van der Waals surface area (Å²) in [5.41, 5.74) is 2.04. The molecule has 2 aromatic rings. The van der Waals surface area contributed by atoms with Gasteiger partial charge in [0.1, 0.15) is 5.56 Å². The first-order valence-electron chi connectivity index (χ1n) is 8.01. The second-order valence-corrected chi connectivity index (χ2v) is 6.04. The summed E-state index contributed by atoms with van der Waals surface area (Å²) < 4.78 is 1.32. The van der Waals surface area contributed by atoms with E-state index in [2.05, 4.69) is 36.4 Å². The number of hydrogen-bond acceptors (Lipinski definition) is 3. The quantitative estimate of drug-likeness (QED) is 0.853. The Labute approximate surface area is 141 Å². The maximum atomic E-state index is 12.3. The molecule has 1 aromatic carbocycles. The first-order chi connectivity index (χ1) is 11.3. The first-order valence-corrected chi connectivity index (χ1v) is 8.01. The first kappa shape index (κ1) is 17.7. The van der Waals surface area contributed by atoms with Gasteiger partial charge in [0, 0.05) is 13.2 Å². The largest absolute Gasteiger partial charge is 0.478 e. The zero-order valence-electron chi connectivity index (χ0n) is 14.4. The maximum absolute atomic E-state index is 12.3. The van der Waals surface area contributed by atoms with E-state index in [1.807, 2.05) is 19.1 Å². The molecule has 128 valence electrons. The predicted molar refractivity (Wildman–Crippen MR) is 91.2 cm³/mol. The highest BCUT2D eigenvalue weighted by molar-refractivity contribution is 6.03. The number of aromatic carboxylic acids is 1. The van der Waals surface area contributed by atoms with Gasteiger partial charge in [-0.05, 0) is 30.4 Å². The zero-order chi connectivity index (χ0) is 17.9. The van der Waals surface area contributed by atoms with Crippen LogP contribution in [0.4, 0.5) is 0 Å². The summed E-state index contributed by atoms with van der Waals surface area (Å²) in [4.78, 5) is 23.5. The fourth-order valence-corrected chi connectivity index (χ4v) is 2.51. The Morgan fingerprint density at radius 3 is 2.33 bits per heavy atom. The number of carbonyl (C=O) groups excluding carboxylic acids is 1. The third kappa shape index (κ3) is 3.82. The molecular weight excluding hydrogens is 306 g/mol. The minimum Gasteiger partial charge on any atom is -0.478 e. The summed E-state index contributed by atoms with van der Waals surface area (Å²) in [6.07, 6.45) is 2.39. The van der Waals surface area contributed by atoms with Gasteiger partial charge in [-0.2, -0.15) is 5.10 Å². The molecule has 2 rings (SSSR count). The highest BCUT2D eigenvalue weighted by atomic mass is 16.4. The Kier molecular flexibility index (Phi) is 5.39. The molecule has 1 heterocycles. The monoisotopic (exact) mass is 329 g/mol. The number of benzene rings is 1. The van der Waals surface area contributed by atoms with E-state index in [0.29, 0.717) is 5.92 Å². The zero-order valence-corrected chi connectivity index (χ0v) is 14.4. The van der Waals surface area contributed by atoms with E-state index in [-0.39, 0.29) is 17.3 Å². The molecule has 0 radical (unpaired) electrons. The van der Waals surface area contributed by atoms with Gasteiger partial charge < -0.3 is 10.4 Å². The fourth-order valence-electron chi connectivity index (χ4n) is 2.51. The van der Waals surface area contributed by atoms with Gasteiger partial charge in [0.2, 0.25) is 0 Å². The van der Waals surface area contributed by atoms with Crippen molar-refractivity contribution in [3.8, 4) is 0 Å². The molecule has 0 spiro atoms. The molecule has 0 fully saturated rings. The summed E-state index contributed by atoms with van der Waals surface area (Å²) in [7, 11) is 1.58. The smallest absolute Gasteiger partial charge is 0.339 e. The molecule has 0 aliphatic rings. The van der Waals surface area contributed by atoms with Gasteiger partial charge in [-0.3, -0.25) is 9.48 Å². The summed E-state index contributed by atoms with van der Waals surface area (Å²) in [6, 6.07) is 7.86. The van der Waals surface area contributed by atoms with Crippen LogP contribution in [0.25, 0.3) is 0 Å². The van der Waals surface area contributed by atoms with Crippen molar-refractivity contribution in [2.45, 2.75) is 39.2 Å². The van der Waals surface area contributed by atoms with Crippen molar-refractivity contribution in [2.24, 2.45) is 7.05 Å².